The molecule has 7 nitrogen and oxygen atoms in total. The highest BCUT2D eigenvalue weighted by atomic mass is 16.6. The van der Waals surface area contributed by atoms with E-state index in [1.165, 1.54) is 17.7 Å². The largest absolute Gasteiger partial charge is 0.493 e. The van der Waals surface area contributed by atoms with E-state index in [-0.39, 0.29) is 17.3 Å². The van der Waals surface area contributed by atoms with Crippen LogP contribution in [0, 0.1) is 17.0 Å². The molecule has 1 aliphatic heterocycles. The second kappa shape index (κ2) is 9.26. The summed E-state index contributed by atoms with van der Waals surface area (Å²) < 4.78 is 11.0. The number of esters is 1. The maximum atomic E-state index is 12.2. The van der Waals surface area contributed by atoms with Crippen LogP contribution < -0.4 is 4.74 Å². The van der Waals surface area contributed by atoms with Crippen LogP contribution in [0.1, 0.15) is 22.3 Å². The van der Waals surface area contributed by atoms with Gasteiger partial charge in [0.05, 0.1) is 11.5 Å². The van der Waals surface area contributed by atoms with Gasteiger partial charge in [-0.15, -0.1) is 0 Å². The topological polar surface area (TPSA) is 91.0 Å². The number of aryl methyl sites for hydroxylation is 1. The van der Waals surface area contributed by atoms with Crippen molar-refractivity contribution in [1.82, 2.24) is 0 Å². The minimum atomic E-state index is -0.570. The van der Waals surface area contributed by atoms with Crippen LogP contribution in [0.4, 0.5) is 5.69 Å². The molecule has 0 unspecified atom stereocenters. The number of carbonyl (C=O) groups excluding carboxylic acids is 1. The van der Waals surface area contributed by atoms with Crippen LogP contribution in [-0.2, 0) is 16.0 Å². The summed E-state index contributed by atoms with van der Waals surface area (Å²) in [7, 11) is 0. The maximum Gasteiger partial charge on any atom is 0.363 e. The second-order valence-electron chi connectivity index (χ2n) is 7.25. The van der Waals surface area contributed by atoms with Crippen LogP contribution >= 0.6 is 0 Å². The van der Waals surface area contributed by atoms with Crippen molar-refractivity contribution in [3.8, 4) is 5.75 Å². The van der Waals surface area contributed by atoms with Gasteiger partial charge in [0.15, 0.2) is 5.70 Å². The van der Waals surface area contributed by atoms with E-state index in [1.54, 1.807) is 19.1 Å². The lowest BCUT2D eigenvalue weighted by Crippen LogP contribution is -2.06. The molecule has 0 fully saturated rings. The number of aliphatic imine (C=N–C) groups is 1. The van der Waals surface area contributed by atoms with E-state index in [9.17, 15) is 14.9 Å². The molecule has 160 valence electrons. The molecule has 0 atom stereocenters. The first-order valence-electron chi connectivity index (χ1n) is 10.0. The molecule has 0 aliphatic carbocycles. The Bertz CT molecular complexity index is 1210. The highest BCUT2D eigenvalue weighted by molar-refractivity contribution is 6.13. The number of nitro benzene ring substituents is 1. The smallest absolute Gasteiger partial charge is 0.363 e. The third-order valence-electron chi connectivity index (χ3n) is 4.95. The molecule has 0 aromatic heterocycles. The minimum Gasteiger partial charge on any atom is -0.493 e. The molecule has 0 bridgehead atoms. The zero-order valence-electron chi connectivity index (χ0n) is 17.4. The monoisotopic (exact) mass is 428 g/mol. The van der Waals surface area contributed by atoms with Crippen LogP contribution in [0.2, 0.25) is 0 Å². The van der Waals surface area contributed by atoms with Crippen molar-refractivity contribution < 1.29 is 19.2 Å². The van der Waals surface area contributed by atoms with Gasteiger partial charge in [-0.25, -0.2) is 9.79 Å². The number of hydrogen-bond acceptors (Lipinski definition) is 6. The van der Waals surface area contributed by atoms with E-state index < -0.39 is 10.9 Å². The number of benzene rings is 3. The van der Waals surface area contributed by atoms with Crippen molar-refractivity contribution in [1.29, 1.82) is 0 Å². The summed E-state index contributed by atoms with van der Waals surface area (Å²) >= 11 is 0. The Labute approximate surface area is 184 Å². The normalized spacial score (nSPS) is 14.2. The van der Waals surface area contributed by atoms with E-state index in [2.05, 4.69) is 17.1 Å². The van der Waals surface area contributed by atoms with E-state index in [0.717, 1.165) is 17.7 Å². The van der Waals surface area contributed by atoms with Crippen LogP contribution in [-0.4, -0.2) is 23.4 Å². The summed E-state index contributed by atoms with van der Waals surface area (Å²) in [5.41, 5.74) is 3.12. The lowest BCUT2D eigenvalue weighted by molar-refractivity contribution is -0.385. The Kier molecular flexibility index (Phi) is 6.07. The Balaban J connectivity index is 1.43. The van der Waals surface area contributed by atoms with Crippen molar-refractivity contribution in [3.05, 3.63) is 111 Å². The highest BCUT2D eigenvalue weighted by Crippen LogP contribution is 2.24. The van der Waals surface area contributed by atoms with E-state index in [0.29, 0.717) is 17.7 Å². The first-order chi connectivity index (χ1) is 15.5. The molecule has 0 N–H and O–H groups in total. The standard InChI is InChI=1S/C25H20N2O5/c1-17-15-20(9-12-23(17)27(29)30)24-26-22(25(28)32-24)16-19-7-10-21(11-8-19)31-14-13-18-5-3-2-4-6-18/h2-12,15-16H,13-14H2,1H3/b22-16-. The van der Waals surface area contributed by atoms with Gasteiger partial charge in [0, 0.05) is 23.6 Å². The van der Waals surface area contributed by atoms with Gasteiger partial charge in [-0.05, 0) is 48.4 Å². The first-order valence-corrected chi connectivity index (χ1v) is 10.0. The summed E-state index contributed by atoms with van der Waals surface area (Å²) in [4.78, 5) is 27.0. The van der Waals surface area contributed by atoms with Crippen molar-refractivity contribution in [3.63, 3.8) is 0 Å². The van der Waals surface area contributed by atoms with Crippen LogP contribution in [0.3, 0.4) is 0 Å². The number of nitrogens with zero attached hydrogens (tertiary/aromatic N) is 2. The zero-order valence-corrected chi connectivity index (χ0v) is 17.4. The molecule has 1 heterocycles. The average Bonchev–Trinajstić information content (AvgIpc) is 3.15. The number of cyclic esters (lactones) is 1. The van der Waals surface area contributed by atoms with Crippen LogP contribution in [0.25, 0.3) is 6.08 Å². The number of rotatable bonds is 7. The van der Waals surface area contributed by atoms with Crippen molar-refractivity contribution >= 4 is 23.6 Å². The van der Waals surface area contributed by atoms with Gasteiger partial charge < -0.3 is 9.47 Å². The minimum absolute atomic E-state index is 0.000478. The van der Waals surface area contributed by atoms with Crippen LogP contribution in [0.15, 0.2) is 83.5 Å². The average molecular weight is 428 g/mol. The third-order valence-corrected chi connectivity index (χ3v) is 4.95. The Morgan fingerprint density at radius 3 is 2.50 bits per heavy atom. The molecule has 3 aromatic rings. The fourth-order valence-electron chi connectivity index (χ4n) is 3.28. The number of ether oxygens (including phenoxy) is 2. The Hall–Kier alpha value is -4.26. The number of nitro groups is 1. The number of carbonyl (C=O) groups is 1. The molecule has 0 saturated carbocycles. The molecule has 3 aromatic carbocycles. The predicted molar refractivity (Wildman–Crippen MR) is 121 cm³/mol. The summed E-state index contributed by atoms with van der Waals surface area (Å²) in [6, 6.07) is 21.9. The van der Waals surface area contributed by atoms with Gasteiger partial charge >= 0.3 is 5.97 Å². The van der Waals surface area contributed by atoms with Gasteiger partial charge in [-0.3, -0.25) is 10.1 Å². The van der Waals surface area contributed by atoms with Gasteiger partial charge in [0.1, 0.15) is 5.75 Å². The highest BCUT2D eigenvalue weighted by Gasteiger charge is 2.25. The van der Waals surface area contributed by atoms with Gasteiger partial charge in [-0.2, -0.15) is 0 Å². The fraction of sp³-hybridized carbons (Fsp3) is 0.120. The van der Waals surface area contributed by atoms with Gasteiger partial charge in [-0.1, -0.05) is 42.5 Å². The first kappa shape index (κ1) is 21.0. The fourth-order valence-corrected chi connectivity index (χ4v) is 3.28. The van der Waals surface area contributed by atoms with E-state index in [4.69, 9.17) is 9.47 Å². The number of hydrogen-bond donors (Lipinski definition) is 0. The Morgan fingerprint density at radius 1 is 1.06 bits per heavy atom. The molecular formula is C25H20N2O5. The Morgan fingerprint density at radius 2 is 1.81 bits per heavy atom. The lowest BCUT2D eigenvalue weighted by Gasteiger charge is -2.06. The quantitative estimate of drug-likeness (QED) is 0.232. The molecule has 32 heavy (non-hydrogen) atoms. The molecule has 0 amide bonds. The van der Waals surface area contributed by atoms with E-state index >= 15 is 0 Å². The summed E-state index contributed by atoms with van der Waals surface area (Å²) in [6.07, 6.45) is 2.44. The van der Waals surface area contributed by atoms with Gasteiger partial charge in [0.25, 0.3) is 5.69 Å². The SMILES string of the molecule is Cc1cc(C2=N/C(=C\c3ccc(OCCc4ccccc4)cc3)C(=O)O2)ccc1[N+](=O)[O-]. The summed E-state index contributed by atoms with van der Waals surface area (Å²) in [5, 5.41) is 11.0. The van der Waals surface area contributed by atoms with Gasteiger partial charge in [0.2, 0.25) is 5.90 Å². The molecule has 0 saturated heterocycles. The molecule has 1 aliphatic rings. The molecular weight excluding hydrogens is 408 g/mol. The van der Waals surface area contributed by atoms with Crippen LogP contribution in [0.5, 0.6) is 5.75 Å². The summed E-state index contributed by atoms with van der Waals surface area (Å²) in [6.45, 7) is 2.19. The zero-order chi connectivity index (χ0) is 22.5. The molecule has 0 spiro atoms. The second-order valence-corrected chi connectivity index (χ2v) is 7.25. The molecule has 0 radical (unpaired) electrons. The van der Waals surface area contributed by atoms with Crippen molar-refractivity contribution in [2.24, 2.45) is 4.99 Å². The van der Waals surface area contributed by atoms with E-state index in [1.807, 2.05) is 42.5 Å². The molecule has 7 heteroatoms. The van der Waals surface area contributed by atoms with Crippen molar-refractivity contribution in [2.75, 3.05) is 6.61 Å². The summed E-state index contributed by atoms with van der Waals surface area (Å²) in [5.74, 6) is 0.293. The van der Waals surface area contributed by atoms with Crippen molar-refractivity contribution in [2.45, 2.75) is 13.3 Å². The molecule has 4 rings (SSSR count). The lowest BCUT2D eigenvalue weighted by atomic mass is 10.1. The predicted octanol–water partition coefficient (Wildman–Crippen LogP) is 4.87. The maximum absolute atomic E-state index is 12.2. The third kappa shape index (κ3) is 4.89.